The van der Waals surface area contributed by atoms with Crippen molar-refractivity contribution in [3.63, 3.8) is 0 Å². The van der Waals surface area contributed by atoms with Crippen LogP contribution in [0.3, 0.4) is 0 Å². The van der Waals surface area contributed by atoms with Crippen molar-refractivity contribution in [2.45, 2.75) is 6.92 Å². The van der Waals surface area contributed by atoms with Crippen LogP contribution in [-0.4, -0.2) is 24.7 Å². The molecule has 94 valence electrons. The highest BCUT2D eigenvalue weighted by Crippen LogP contribution is 2.26. The molecule has 0 spiro atoms. The van der Waals surface area contributed by atoms with Crippen LogP contribution in [0.25, 0.3) is 10.9 Å². The Kier molecular flexibility index (Phi) is 3.41. The van der Waals surface area contributed by atoms with Crippen molar-refractivity contribution in [3.05, 3.63) is 35.8 Å². The molecule has 0 unspecified atom stereocenters. The first-order valence-electron chi connectivity index (χ1n) is 5.46. The molecule has 0 fully saturated rings. The predicted molar refractivity (Wildman–Crippen MR) is 64.2 cm³/mol. The highest BCUT2D eigenvalue weighted by Gasteiger charge is 2.14. The molecule has 1 aromatic carbocycles. The van der Waals surface area contributed by atoms with Crippen molar-refractivity contribution in [3.8, 4) is 5.75 Å². The molecule has 0 aliphatic carbocycles. The number of nitrogens with zero attached hydrogens (tertiary/aromatic N) is 1. The molecule has 0 saturated heterocycles. The van der Waals surface area contributed by atoms with Crippen molar-refractivity contribution in [2.24, 2.45) is 0 Å². The molecule has 0 atom stereocenters. The summed E-state index contributed by atoms with van der Waals surface area (Å²) in [6, 6.07) is 4.24. The highest BCUT2D eigenvalue weighted by atomic mass is 19.1. The van der Waals surface area contributed by atoms with Gasteiger partial charge in [-0.1, -0.05) is 0 Å². The van der Waals surface area contributed by atoms with E-state index in [2.05, 4.69) is 9.72 Å². The van der Waals surface area contributed by atoms with Gasteiger partial charge in [-0.05, 0) is 19.1 Å². The lowest BCUT2D eigenvalue weighted by Gasteiger charge is -2.08. The lowest BCUT2D eigenvalue weighted by atomic mass is 10.1. The number of methoxy groups -OCH3 is 1. The average molecular weight is 249 g/mol. The lowest BCUT2D eigenvalue weighted by Crippen LogP contribution is -2.03. The molecule has 0 saturated carbocycles. The zero-order valence-electron chi connectivity index (χ0n) is 10.1. The summed E-state index contributed by atoms with van der Waals surface area (Å²) >= 11 is 0. The molecule has 0 N–H and O–H groups in total. The third kappa shape index (κ3) is 2.11. The Morgan fingerprint density at radius 1 is 1.44 bits per heavy atom. The van der Waals surface area contributed by atoms with Gasteiger partial charge >= 0.3 is 5.97 Å². The Morgan fingerprint density at radius 2 is 2.22 bits per heavy atom. The second kappa shape index (κ2) is 5.00. The molecule has 0 radical (unpaired) electrons. The van der Waals surface area contributed by atoms with Gasteiger partial charge in [-0.3, -0.25) is 4.98 Å². The van der Waals surface area contributed by atoms with E-state index in [1.54, 1.807) is 6.92 Å². The molecule has 2 rings (SSSR count). The SMILES string of the molecule is CCOc1cc2c(C(=O)OC)ccnc2cc1F. The van der Waals surface area contributed by atoms with Gasteiger partial charge in [-0.2, -0.15) is 0 Å². The van der Waals surface area contributed by atoms with Gasteiger partial charge in [0.2, 0.25) is 0 Å². The Morgan fingerprint density at radius 3 is 2.89 bits per heavy atom. The van der Waals surface area contributed by atoms with E-state index in [0.717, 1.165) is 0 Å². The number of esters is 1. The minimum absolute atomic E-state index is 0.100. The van der Waals surface area contributed by atoms with Gasteiger partial charge in [0.1, 0.15) is 0 Å². The maximum atomic E-state index is 13.6. The van der Waals surface area contributed by atoms with E-state index in [1.165, 1.54) is 31.5 Å². The summed E-state index contributed by atoms with van der Waals surface area (Å²) in [5.74, 6) is -0.890. The van der Waals surface area contributed by atoms with Crippen LogP contribution in [0.1, 0.15) is 17.3 Å². The van der Waals surface area contributed by atoms with Gasteiger partial charge < -0.3 is 9.47 Å². The molecule has 2 aromatic rings. The molecule has 0 amide bonds. The summed E-state index contributed by atoms with van der Waals surface area (Å²) in [4.78, 5) is 15.6. The first kappa shape index (κ1) is 12.3. The quantitative estimate of drug-likeness (QED) is 0.784. The standard InChI is InChI=1S/C13H12FNO3/c1-3-18-12-6-9-8(13(16)17-2)4-5-15-11(9)7-10(12)14/h4-7H,3H2,1-2H3. The second-order valence-electron chi connectivity index (χ2n) is 3.58. The predicted octanol–water partition coefficient (Wildman–Crippen LogP) is 2.56. The Balaban J connectivity index is 2.67. The average Bonchev–Trinajstić information content (AvgIpc) is 2.38. The van der Waals surface area contributed by atoms with Gasteiger partial charge in [0.25, 0.3) is 0 Å². The third-order valence-electron chi connectivity index (χ3n) is 2.50. The largest absolute Gasteiger partial charge is 0.491 e. The van der Waals surface area contributed by atoms with Crippen LogP contribution >= 0.6 is 0 Å². The van der Waals surface area contributed by atoms with Crippen LogP contribution in [0.15, 0.2) is 24.4 Å². The lowest BCUT2D eigenvalue weighted by molar-refractivity contribution is 0.0603. The molecule has 0 aliphatic heterocycles. The minimum atomic E-state index is -0.501. The molecule has 4 nitrogen and oxygen atoms in total. The number of rotatable bonds is 3. The fraction of sp³-hybridized carbons (Fsp3) is 0.231. The molecule has 1 aromatic heterocycles. The molecule has 0 aliphatic rings. The first-order valence-corrected chi connectivity index (χ1v) is 5.46. The van der Waals surface area contributed by atoms with E-state index in [4.69, 9.17) is 4.74 Å². The normalized spacial score (nSPS) is 10.4. The number of hydrogen-bond acceptors (Lipinski definition) is 4. The van der Waals surface area contributed by atoms with E-state index in [0.29, 0.717) is 23.1 Å². The summed E-state index contributed by atoms with van der Waals surface area (Å²) in [6.45, 7) is 2.10. The van der Waals surface area contributed by atoms with E-state index < -0.39 is 11.8 Å². The third-order valence-corrected chi connectivity index (χ3v) is 2.50. The van der Waals surface area contributed by atoms with Crippen molar-refractivity contribution in [1.29, 1.82) is 0 Å². The fourth-order valence-electron chi connectivity index (χ4n) is 1.70. The number of fused-ring (bicyclic) bond motifs is 1. The van der Waals surface area contributed by atoms with Crippen molar-refractivity contribution in [2.75, 3.05) is 13.7 Å². The number of aromatic nitrogens is 1. The van der Waals surface area contributed by atoms with Crippen molar-refractivity contribution >= 4 is 16.9 Å². The van der Waals surface area contributed by atoms with Crippen molar-refractivity contribution in [1.82, 2.24) is 4.98 Å². The smallest absolute Gasteiger partial charge is 0.338 e. The minimum Gasteiger partial charge on any atom is -0.491 e. The summed E-state index contributed by atoms with van der Waals surface area (Å²) in [5.41, 5.74) is 0.724. The number of benzene rings is 1. The monoisotopic (exact) mass is 249 g/mol. The van der Waals surface area contributed by atoms with Gasteiger partial charge in [-0.15, -0.1) is 0 Å². The zero-order valence-corrected chi connectivity index (χ0v) is 10.1. The zero-order chi connectivity index (χ0) is 13.1. The number of carbonyl (C=O) groups excluding carboxylic acids is 1. The summed E-state index contributed by atoms with van der Waals surface area (Å²) in [5, 5.41) is 0.509. The van der Waals surface area contributed by atoms with Gasteiger partial charge in [-0.25, -0.2) is 9.18 Å². The van der Waals surface area contributed by atoms with Crippen LogP contribution < -0.4 is 4.74 Å². The summed E-state index contributed by atoms with van der Waals surface area (Å²) < 4.78 is 23.5. The van der Waals surface area contributed by atoms with E-state index in [-0.39, 0.29) is 5.75 Å². The molecule has 18 heavy (non-hydrogen) atoms. The first-order chi connectivity index (χ1) is 8.67. The molecular formula is C13H12FNO3. The van der Waals surface area contributed by atoms with Crippen LogP contribution in [0, 0.1) is 5.82 Å². The summed E-state index contributed by atoms with van der Waals surface area (Å²) in [7, 11) is 1.29. The Labute approximate surface area is 103 Å². The van der Waals surface area contributed by atoms with E-state index >= 15 is 0 Å². The molecular weight excluding hydrogens is 237 g/mol. The van der Waals surface area contributed by atoms with E-state index in [9.17, 15) is 9.18 Å². The second-order valence-corrected chi connectivity index (χ2v) is 3.58. The number of halogens is 1. The van der Waals surface area contributed by atoms with Gasteiger partial charge in [0, 0.05) is 17.6 Å². The molecule has 0 bridgehead atoms. The van der Waals surface area contributed by atoms with Gasteiger partial charge in [0.05, 0.1) is 24.8 Å². The number of carbonyl (C=O) groups is 1. The van der Waals surface area contributed by atoms with Crippen LogP contribution in [-0.2, 0) is 4.74 Å². The number of hydrogen-bond donors (Lipinski definition) is 0. The fourth-order valence-corrected chi connectivity index (χ4v) is 1.70. The Bertz CT molecular complexity index is 598. The van der Waals surface area contributed by atoms with E-state index in [1.807, 2.05) is 0 Å². The number of ether oxygens (including phenoxy) is 2. The van der Waals surface area contributed by atoms with Crippen molar-refractivity contribution < 1.29 is 18.7 Å². The molecule has 1 heterocycles. The highest BCUT2D eigenvalue weighted by molar-refractivity contribution is 6.03. The summed E-state index contributed by atoms with van der Waals surface area (Å²) in [6.07, 6.45) is 1.44. The van der Waals surface area contributed by atoms with Gasteiger partial charge in [0.15, 0.2) is 11.6 Å². The topological polar surface area (TPSA) is 48.4 Å². The van der Waals surface area contributed by atoms with Crippen LogP contribution in [0.5, 0.6) is 5.75 Å². The molecule has 5 heteroatoms. The maximum absolute atomic E-state index is 13.6. The van der Waals surface area contributed by atoms with Crippen LogP contribution in [0.2, 0.25) is 0 Å². The maximum Gasteiger partial charge on any atom is 0.338 e. The number of pyridine rings is 1. The Hall–Kier alpha value is -2.17. The van der Waals surface area contributed by atoms with Crippen LogP contribution in [0.4, 0.5) is 4.39 Å².